The molecule has 1 amide bonds. The summed E-state index contributed by atoms with van der Waals surface area (Å²) in [5.41, 5.74) is -2.27. The number of carbonyl (C=O) groups excluding carboxylic acids is 1. The molecule has 2 aliphatic heterocycles. The van der Waals surface area contributed by atoms with Gasteiger partial charge in [-0.3, -0.25) is 4.79 Å². The maximum atomic E-state index is 13.4. The molecule has 10 heteroatoms. The Morgan fingerprint density at radius 3 is 2.47 bits per heavy atom. The van der Waals surface area contributed by atoms with Crippen LogP contribution < -0.4 is 10.1 Å². The molecule has 0 saturated carbocycles. The Hall–Kier alpha value is -3.04. The smallest absolute Gasteiger partial charge is 0.416 e. The number of benzene rings is 2. The fourth-order valence-electron chi connectivity index (χ4n) is 3.87. The molecule has 1 unspecified atom stereocenters. The molecule has 158 valence electrons. The Labute approximate surface area is 166 Å². The zero-order valence-corrected chi connectivity index (χ0v) is 15.2. The summed E-state index contributed by atoms with van der Waals surface area (Å²) in [6, 6.07) is 9.02. The van der Waals surface area contributed by atoms with Crippen LogP contribution in [0.5, 0.6) is 5.75 Å². The minimum atomic E-state index is -4.70. The highest BCUT2D eigenvalue weighted by Gasteiger charge is 2.51. The third-order valence-electron chi connectivity index (χ3n) is 5.18. The van der Waals surface area contributed by atoms with Crippen LogP contribution in [-0.2, 0) is 16.4 Å². The van der Waals surface area contributed by atoms with E-state index in [4.69, 9.17) is 4.74 Å². The summed E-state index contributed by atoms with van der Waals surface area (Å²) in [6.07, 6.45) is -9.29. The van der Waals surface area contributed by atoms with E-state index < -0.39 is 41.6 Å². The average Bonchev–Trinajstić information content (AvgIpc) is 2.68. The summed E-state index contributed by atoms with van der Waals surface area (Å²) in [7, 11) is 0. The van der Waals surface area contributed by atoms with Gasteiger partial charge in [-0.15, -0.1) is 0 Å². The number of amides is 1. The molecular weight excluding hydrogens is 414 g/mol. The number of amidine groups is 1. The first-order chi connectivity index (χ1) is 14.0. The lowest BCUT2D eigenvalue weighted by Gasteiger charge is -2.40. The van der Waals surface area contributed by atoms with Gasteiger partial charge in [-0.25, -0.2) is 0 Å². The van der Waals surface area contributed by atoms with E-state index in [0.29, 0.717) is 11.3 Å². The van der Waals surface area contributed by atoms with E-state index in [2.05, 4.69) is 4.99 Å². The van der Waals surface area contributed by atoms with E-state index in [-0.39, 0.29) is 24.2 Å². The fraction of sp³-hybridized carbons (Fsp3) is 0.300. The molecule has 2 aliphatic rings. The molecule has 0 aliphatic carbocycles. The van der Waals surface area contributed by atoms with Crippen LogP contribution >= 0.6 is 0 Å². The number of halogens is 6. The third-order valence-corrected chi connectivity index (χ3v) is 5.18. The third kappa shape index (κ3) is 3.29. The van der Waals surface area contributed by atoms with Gasteiger partial charge < -0.3 is 10.1 Å². The second kappa shape index (κ2) is 6.75. The van der Waals surface area contributed by atoms with E-state index in [1.807, 2.05) is 5.32 Å². The van der Waals surface area contributed by atoms with E-state index in [0.717, 1.165) is 18.2 Å². The predicted molar refractivity (Wildman–Crippen MR) is 94.4 cm³/mol. The lowest BCUT2D eigenvalue weighted by Crippen LogP contribution is -2.48. The van der Waals surface area contributed by atoms with Crippen LogP contribution in [0.1, 0.15) is 28.7 Å². The topological polar surface area (TPSA) is 50.7 Å². The van der Waals surface area contributed by atoms with Crippen molar-refractivity contribution in [1.29, 1.82) is 0 Å². The molecule has 4 nitrogen and oxygen atoms in total. The zero-order valence-electron chi connectivity index (χ0n) is 15.2. The van der Waals surface area contributed by atoms with Crippen LogP contribution in [0.25, 0.3) is 0 Å². The van der Waals surface area contributed by atoms with Crippen molar-refractivity contribution in [3.63, 3.8) is 0 Å². The molecule has 0 aromatic heterocycles. The van der Waals surface area contributed by atoms with Crippen molar-refractivity contribution in [2.24, 2.45) is 4.99 Å². The fourth-order valence-corrected chi connectivity index (χ4v) is 3.87. The van der Waals surface area contributed by atoms with Crippen molar-refractivity contribution < 1.29 is 35.9 Å². The van der Waals surface area contributed by atoms with Crippen molar-refractivity contribution in [2.45, 2.75) is 24.2 Å². The number of ether oxygens (including phenoxy) is 1. The van der Waals surface area contributed by atoms with Gasteiger partial charge in [-0.1, -0.05) is 24.3 Å². The Morgan fingerprint density at radius 1 is 1.03 bits per heavy atom. The van der Waals surface area contributed by atoms with Crippen LogP contribution in [-0.4, -0.2) is 31.1 Å². The second-order valence-corrected chi connectivity index (χ2v) is 6.99. The van der Waals surface area contributed by atoms with Gasteiger partial charge in [-0.05, 0) is 23.8 Å². The molecule has 1 spiro atoms. The zero-order chi connectivity index (χ0) is 21.7. The van der Waals surface area contributed by atoms with Gasteiger partial charge >= 0.3 is 12.4 Å². The highest BCUT2D eigenvalue weighted by atomic mass is 19.4. The molecule has 0 bridgehead atoms. The lowest BCUT2D eigenvalue weighted by atomic mass is 9.67. The van der Waals surface area contributed by atoms with Gasteiger partial charge in [0.1, 0.15) is 23.5 Å². The Morgan fingerprint density at radius 2 is 1.77 bits per heavy atom. The number of nitrogens with zero attached hydrogens (tertiary/aromatic N) is 1. The number of aliphatic imine (C=N–C) groups is 1. The van der Waals surface area contributed by atoms with Crippen LogP contribution in [0.15, 0.2) is 47.5 Å². The summed E-state index contributed by atoms with van der Waals surface area (Å²) in [5.74, 6) is -0.923. The number of hydrogen-bond acceptors (Lipinski definition) is 3. The summed E-state index contributed by atoms with van der Waals surface area (Å²) in [4.78, 5) is 17.0. The van der Waals surface area contributed by atoms with Gasteiger partial charge in [0.15, 0.2) is 0 Å². The molecule has 0 saturated heterocycles. The van der Waals surface area contributed by atoms with E-state index in [1.165, 1.54) is 0 Å². The SMILES string of the molecule is O=C1N=C(NCC(F)(F)F)c2ccc(C(F)(F)F)cc2C12CCOc1ccccc12. The lowest BCUT2D eigenvalue weighted by molar-refractivity contribution is -0.137. The number of hydrogen-bond donors (Lipinski definition) is 1. The van der Waals surface area contributed by atoms with Gasteiger partial charge in [0.25, 0.3) is 5.91 Å². The van der Waals surface area contributed by atoms with Crippen molar-refractivity contribution in [3.8, 4) is 5.75 Å². The highest BCUT2D eigenvalue weighted by Crippen LogP contribution is 2.48. The van der Waals surface area contributed by atoms with Crippen LogP contribution in [0.3, 0.4) is 0 Å². The van der Waals surface area contributed by atoms with E-state index in [9.17, 15) is 31.1 Å². The molecular formula is C20H14F6N2O2. The Kier molecular flexibility index (Phi) is 4.55. The van der Waals surface area contributed by atoms with Crippen molar-refractivity contribution >= 4 is 11.7 Å². The Bertz CT molecular complexity index is 1040. The standard InChI is InChI=1S/C20H14F6N2O2/c21-19(22,23)10-27-16-12-6-5-11(20(24,25)26)9-14(12)18(17(29)28-16)7-8-30-15-4-2-1-3-13(15)18/h1-6,9H,7-8,10H2,(H,27,28,29). The maximum Gasteiger partial charge on any atom is 0.416 e. The first kappa shape index (κ1) is 20.2. The normalized spacial score (nSPS) is 20.9. The first-order valence-electron chi connectivity index (χ1n) is 8.90. The van der Waals surface area contributed by atoms with Gasteiger partial charge in [0.05, 0.1) is 12.2 Å². The van der Waals surface area contributed by atoms with E-state index >= 15 is 0 Å². The van der Waals surface area contributed by atoms with Gasteiger partial charge in [-0.2, -0.15) is 31.3 Å². The molecule has 30 heavy (non-hydrogen) atoms. The second-order valence-electron chi connectivity index (χ2n) is 6.99. The molecule has 4 rings (SSSR count). The number of para-hydroxylation sites is 1. The number of nitrogens with one attached hydrogen (secondary N) is 1. The molecule has 2 aromatic carbocycles. The van der Waals surface area contributed by atoms with Crippen molar-refractivity contribution in [2.75, 3.05) is 13.2 Å². The summed E-state index contributed by atoms with van der Waals surface area (Å²) in [5, 5.41) is 2.04. The molecule has 1 atom stereocenters. The number of fused-ring (bicyclic) bond motifs is 4. The molecule has 2 heterocycles. The summed E-state index contributed by atoms with van der Waals surface area (Å²) < 4.78 is 83.8. The number of rotatable bonds is 1. The quantitative estimate of drug-likeness (QED) is 0.693. The highest BCUT2D eigenvalue weighted by molar-refractivity contribution is 6.14. The minimum Gasteiger partial charge on any atom is -0.493 e. The van der Waals surface area contributed by atoms with Crippen LogP contribution in [0, 0.1) is 0 Å². The van der Waals surface area contributed by atoms with Gasteiger partial charge in [0, 0.05) is 17.5 Å². The molecule has 0 radical (unpaired) electrons. The first-order valence-corrected chi connectivity index (χ1v) is 8.90. The summed E-state index contributed by atoms with van der Waals surface area (Å²) >= 11 is 0. The van der Waals surface area contributed by atoms with Crippen LogP contribution in [0.2, 0.25) is 0 Å². The Balaban J connectivity index is 1.94. The van der Waals surface area contributed by atoms with Crippen LogP contribution in [0.4, 0.5) is 26.3 Å². The van der Waals surface area contributed by atoms with Crippen molar-refractivity contribution in [1.82, 2.24) is 5.32 Å². The number of alkyl halides is 6. The van der Waals surface area contributed by atoms with Crippen molar-refractivity contribution in [3.05, 3.63) is 64.7 Å². The van der Waals surface area contributed by atoms with E-state index in [1.54, 1.807) is 24.3 Å². The number of carbonyl (C=O) groups is 1. The molecule has 0 fully saturated rings. The average molecular weight is 428 g/mol. The minimum absolute atomic E-state index is 0.00715. The molecule has 1 N–H and O–H groups in total. The monoisotopic (exact) mass is 428 g/mol. The van der Waals surface area contributed by atoms with Gasteiger partial charge in [0.2, 0.25) is 0 Å². The maximum absolute atomic E-state index is 13.4. The summed E-state index contributed by atoms with van der Waals surface area (Å²) in [6.45, 7) is -1.44. The largest absolute Gasteiger partial charge is 0.493 e. The predicted octanol–water partition coefficient (Wildman–Crippen LogP) is 4.21. The molecule has 2 aromatic rings.